The van der Waals surface area contributed by atoms with Gasteiger partial charge >= 0.3 is 0 Å². The zero-order chi connectivity index (χ0) is 16.1. The van der Waals surface area contributed by atoms with Gasteiger partial charge in [0.2, 0.25) is 0 Å². The summed E-state index contributed by atoms with van der Waals surface area (Å²) in [6.07, 6.45) is 12.3. The molecule has 0 aromatic carbocycles. The molecule has 21 heavy (non-hydrogen) atoms. The molecule has 0 amide bonds. The van der Waals surface area contributed by atoms with Gasteiger partial charge in [-0.05, 0) is 39.5 Å². The fourth-order valence-electron chi connectivity index (χ4n) is 1.20. The Labute approximate surface area is 135 Å². The summed E-state index contributed by atoms with van der Waals surface area (Å²) < 4.78 is 22.2. The Morgan fingerprint density at radius 3 is 1.19 bits per heavy atom. The zero-order valence-electron chi connectivity index (χ0n) is 13.4. The molecule has 0 saturated heterocycles. The molecule has 0 aromatic rings. The lowest BCUT2D eigenvalue weighted by molar-refractivity contribution is 0.581. The molecule has 6 heteroatoms. The molecule has 0 N–H and O–H groups in total. The molecule has 0 aliphatic carbocycles. The first-order valence-corrected chi connectivity index (χ1v) is 12.5. The molecule has 0 heterocycles. The lowest BCUT2D eigenvalue weighted by atomic mass is 10.1. The van der Waals surface area contributed by atoms with Gasteiger partial charge in [0.25, 0.3) is 0 Å². The van der Waals surface area contributed by atoms with Crippen molar-refractivity contribution in [3.63, 3.8) is 0 Å². The molecule has 0 aromatic heterocycles. The first-order valence-electron chi connectivity index (χ1n) is 6.90. The minimum absolute atomic E-state index is 0. The predicted molar refractivity (Wildman–Crippen MR) is 104 cm³/mol. The van der Waals surface area contributed by atoms with Crippen molar-refractivity contribution in [1.29, 1.82) is 0 Å². The molecule has 0 saturated carbocycles. The third-order valence-corrected chi connectivity index (χ3v) is 4.94. The van der Waals surface area contributed by atoms with Crippen LogP contribution >= 0.6 is 14.3 Å². The molecule has 120 valence electrons. The minimum atomic E-state index is -1.80. The highest BCUT2D eigenvalue weighted by Crippen LogP contribution is 2.36. The Morgan fingerprint density at radius 2 is 1.00 bits per heavy atom. The van der Waals surface area contributed by atoms with Gasteiger partial charge in [-0.1, -0.05) is 44.4 Å². The van der Waals surface area contributed by atoms with Gasteiger partial charge in [0, 0.05) is 12.3 Å². The molecule has 0 aliphatic rings. The van der Waals surface area contributed by atoms with Crippen LogP contribution < -0.4 is 0 Å². The molecule has 0 rings (SSSR count). The van der Waals surface area contributed by atoms with Gasteiger partial charge in [0.1, 0.15) is 0 Å². The highest BCUT2D eigenvalue weighted by atomic mass is 31.2. The van der Waals surface area contributed by atoms with Crippen molar-refractivity contribution in [2.45, 2.75) is 32.9 Å². The van der Waals surface area contributed by atoms with Gasteiger partial charge in [0.05, 0.1) is 30.0 Å². The second-order valence-corrected chi connectivity index (χ2v) is 12.8. The molecule has 2 nitrogen and oxygen atoms in total. The zero-order valence-corrected chi connectivity index (χ0v) is 15.2. The number of rotatable bonds is 8. The lowest BCUT2D eigenvalue weighted by Crippen LogP contribution is -1.82. The van der Waals surface area contributed by atoms with E-state index >= 15 is 0 Å². The molecule has 0 aliphatic heterocycles. The van der Waals surface area contributed by atoms with Crippen LogP contribution in [0.5, 0.6) is 0 Å². The van der Waals surface area contributed by atoms with E-state index in [0.29, 0.717) is 12.6 Å². The molecular weight excluding hydrogens is 296 g/mol. The maximum atomic E-state index is 11.1. The van der Waals surface area contributed by atoms with E-state index in [1.165, 1.54) is 0 Å². The van der Waals surface area contributed by atoms with Crippen LogP contribution in [0.2, 0.25) is 12.6 Å². The highest BCUT2D eigenvalue weighted by molar-refractivity contribution is 7.62. The molecule has 0 atom stereocenters. The normalized spacial score (nSPS) is 12.0. The average molecular weight is 328 g/mol. The Morgan fingerprint density at radius 1 is 0.714 bits per heavy atom. The van der Waals surface area contributed by atoms with E-state index in [9.17, 15) is 9.13 Å². The number of allylic oxidation sites excluding steroid dienone is 4. The van der Waals surface area contributed by atoms with E-state index < -0.39 is 14.3 Å². The maximum absolute atomic E-state index is 11.1. The maximum Gasteiger partial charge on any atom is 0.0822 e. The van der Waals surface area contributed by atoms with Crippen molar-refractivity contribution in [2.24, 2.45) is 0 Å². The summed E-state index contributed by atoms with van der Waals surface area (Å²) in [4.78, 5) is 0. The summed E-state index contributed by atoms with van der Waals surface area (Å²) >= 11 is 0. The fourth-order valence-corrected chi connectivity index (χ4v) is 2.74. The van der Waals surface area contributed by atoms with Crippen LogP contribution in [0, 0.1) is 0 Å². The highest BCUT2D eigenvalue weighted by Gasteiger charge is 2.03. The van der Waals surface area contributed by atoms with Gasteiger partial charge in [-0.25, -0.2) is 0 Å². The molecular formula is C15H32B2O2P2. The summed E-state index contributed by atoms with van der Waals surface area (Å²) in [6.45, 7) is 7.24. The smallest absolute Gasteiger partial charge is 0.0822 e. The average Bonchev–Trinajstić information content (AvgIpc) is 2.29. The third kappa shape index (κ3) is 33.1. The predicted octanol–water partition coefficient (Wildman–Crippen LogP) is 4.92. The van der Waals surface area contributed by atoms with Gasteiger partial charge in [0.15, 0.2) is 0 Å². The molecule has 0 spiro atoms. The second-order valence-electron chi connectivity index (χ2n) is 5.59. The van der Waals surface area contributed by atoms with E-state index in [4.69, 9.17) is 15.7 Å². The summed E-state index contributed by atoms with van der Waals surface area (Å²) in [5.41, 5.74) is 0. The molecule has 4 radical (unpaired) electrons. The van der Waals surface area contributed by atoms with Crippen LogP contribution in [0.4, 0.5) is 0 Å². The molecule has 0 bridgehead atoms. The van der Waals surface area contributed by atoms with Crippen molar-refractivity contribution in [2.75, 3.05) is 39.0 Å². The second kappa shape index (κ2) is 15.0. The quantitative estimate of drug-likeness (QED) is 0.360. The van der Waals surface area contributed by atoms with Crippen molar-refractivity contribution in [1.82, 2.24) is 0 Å². The SMILES string of the molecule is C.[B]C/C=C/CCP(C)(C)=O.[B]C/C=C\CCP(C)(C)=O. The van der Waals surface area contributed by atoms with E-state index in [1.54, 1.807) is 0 Å². The summed E-state index contributed by atoms with van der Waals surface area (Å²) in [5.74, 6) is 0. The van der Waals surface area contributed by atoms with Crippen molar-refractivity contribution < 1.29 is 9.13 Å². The fraction of sp³-hybridized carbons (Fsp3) is 0.733. The Kier molecular flexibility index (Phi) is 18.5. The van der Waals surface area contributed by atoms with Crippen LogP contribution in [-0.2, 0) is 9.13 Å². The van der Waals surface area contributed by atoms with E-state index in [1.807, 2.05) is 51.0 Å². The Bertz CT molecular complexity index is 332. The first-order chi connectivity index (χ1) is 9.12. The molecule has 0 fully saturated rings. The van der Waals surface area contributed by atoms with Crippen LogP contribution in [-0.4, -0.2) is 54.7 Å². The first kappa shape index (κ1) is 26.0. The van der Waals surface area contributed by atoms with Gasteiger partial charge in [-0.3, -0.25) is 0 Å². The standard InChI is InChI=1S/2C7H14BOP.CH4/c2*1-10(2,9)7-5-3-4-6-8;/h2*3-4H,5-7H2,1-2H3;1H4/b4-3+;4-3-;. The van der Waals surface area contributed by atoms with Gasteiger partial charge < -0.3 is 9.13 Å². The van der Waals surface area contributed by atoms with E-state index in [0.717, 1.165) is 25.2 Å². The van der Waals surface area contributed by atoms with E-state index in [2.05, 4.69) is 0 Å². The summed E-state index contributed by atoms with van der Waals surface area (Å²) in [5, 5.41) is 0. The summed E-state index contributed by atoms with van der Waals surface area (Å²) in [7, 11) is 6.85. The number of hydrogen-bond donors (Lipinski definition) is 0. The van der Waals surface area contributed by atoms with Gasteiger partial charge in [-0.15, -0.1) is 0 Å². The number of hydrogen-bond acceptors (Lipinski definition) is 2. The van der Waals surface area contributed by atoms with Crippen LogP contribution in [0.25, 0.3) is 0 Å². The monoisotopic (exact) mass is 328 g/mol. The largest absolute Gasteiger partial charge is 0.324 e. The molecule has 0 unspecified atom stereocenters. The topological polar surface area (TPSA) is 34.1 Å². The van der Waals surface area contributed by atoms with Crippen molar-refractivity contribution in [3.8, 4) is 0 Å². The Balaban J connectivity index is -0.000000295. The van der Waals surface area contributed by atoms with Crippen LogP contribution in [0.1, 0.15) is 20.3 Å². The summed E-state index contributed by atoms with van der Waals surface area (Å²) in [6, 6.07) is 0. The Hall–Kier alpha value is 0.0699. The van der Waals surface area contributed by atoms with Crippen molar-refractivity contribution in [3.05, 3.63) is 24.3 Å². The van der Waals surface area contributed by atoms with Gasteiger partial charge in [-0.2, -0.15) is 0 Å². The minimum Gasteiger partial charge on any atom is -0.324 e. The van der Waals surface area contributed by atoms with Crippen molar-refractivity contribution >= 4 is 30.0 Å². The lowest BCUT2D eigenvalue weighted by Gasteiger charge is -2.01. The van der Waals surface area contributed by atoms with E-state index in [-0.39, 0.29) is 7.43 Å². The van der Waals surface area contributed by atoms with Crippen LogP contribution in [0.3, 0.4) is 0 Å². The van der Waals surface area contributed by atoms with Crippen LogP contribution in [0.15, 0.2) is 24.3 Å². The third-order valence-electron chi connectivity index (χ3n) is 2.27.